The predicted molar refractivity (Wildman–Crippen MR) is 73.4 cm³/mol. The highest BCUT2D eigenvalue weighted by Crippen LogP contribution is 2.22. The van der Waals surface area contributed by atoms with Crippen LogP contribution in [0.3, 0.4) is 0 Å². The second-order valence-corrected chi connectivity index (χ2v) is 5.36. The molecular formula is C14H30N2O. The minimum absolute atomic E-state index is 0.875. The number of likely N-dealkylation sites (N-methyl/N-ethyl adjacent to an activating group) is 1. The average Bonchev–Trinajstić information content (AvgIpc) is 2.36. The van der Waals surface area contributed by atoms with E-state index >= 15 is 0 Å². The van der Waals surface area contributed by atoms with E-state index in [1.165, 1.54) is 38.6 Å². The van der Waals surface area contributed by atoms with Crippen LogP contribution in [-0.4, -0.2) is 51.8 Å². The SMILES string of the molecule is COCCCN(C)CCNCC1CCCCC1. The predicted octanol–water partition coefficient (Wildman–Crippen LogP) is 2.12. The average molecular weight is 242 g/mol. The first kappa shape index (κ1) is 14.9. The quantitative estimate of drug-likeness (QED) is 0.627. The highest BCUT2D eigenvalue weighted by molar-refractivity contribution is 4.68. The Morgan fingerprint density at radius 1 is 1.18 bits per heavy atom. The maximum Gasteiger partial charge on any atom is 0.0474 e. The van der Waals surface area contributed by atoms with Gasteiger partial charge >= 0.3 is 0 Å². The van der Waals surface area contributed by atoms with Crippen molar-refractivity contribution in [2.24, 2.45) is 5.92 Å². The van der Waals surface area contributed by atoms with Gasteiger partial charge in [-0.2, -0.15) is 0 Å². The van der Waals surface area contributed by atoms with E-state index in [4.69, 9.17) is 4.74 Å². The van der Waals surface area contributed by atoms with Crippen LogP contribution >= 0.6 is 0 Å². The van der Waals surface area contributed by atoms with Crippen molar-refractivity contribution in [3.8, 4) is 0 Å². The molecule has 0 atom stereocenters. The number of nitrogens with one attached hydrogen (secondary N) is 1. The summed E-state index contributed by atoms with van der Waals surface area (Å²) in [5, 5.41) is 3.60. The van der Waals surface area contributed by atoms with Crippen LogP contribution in [0, 0.1) is 5.92 Å². The maximum atomic E-state index is 5.05. The Balaban J connectivity index is 1.88. The molecule has 102 valence electrons. The lowest BCUT2D eigenvalue weighted by Gasteiger charge is -2.23. The number of hydrogen-bond donors (Lipinski definition) is 1. The van der Waals surface area contributed by atoms with Crippen molar-refractivity contribution in [2.45, 2.75) is 38.5 Å². The lowest BCUT2D eigenvalue weighted by atomic mass is 9.89. The molecule has 1 fully saturated rings. The van der Waals surface area contributed by atoms with Crippen LogP contribution in [0.4, 0.5) is 0 Å². The Labute approximate surface area is 107 Å². The first-order chi connectivity index (χ1) is 8.33. The van der Waals surface area contributed by atoms with E-state index in [1.807, 2.05) is 0 Å². The zero-order valence-corrected chi connectivity index (χ0v) is 11.7. The van der Waals surface area contributed by atoms with E-state index in [0.717, 1.165) is 38.6 Å². The summed E-state index contributed by atoms with van der Waals surface area (Å²) in [7, 11) is 3.96. The minimum Gasteiger partial charge on any atom is -0.385 e. The van der Waals surface area contributed by atoms with Gasteiger partial charge in [-0.05, 0) is 38.8 Å². The van der Waals surface area contributed by atoms with Crippen LogP contribution < -0.4 is 5.32 Å². The van der Waals surface area contributed by atoms with Crippen LogP contribution in [0.5, 0.6) is 0 Å². The van der Waals surface area contributed by atoms with Crippen LogP contribution in [-0.2, 0) is 4.74 Å². The molecule has 1 aliphatic rings. The lowest BCUT2D eigenvalue weighted by Crippen LogP contribution is -2.33. The molecule has 1 N–H and O–H groups in total. The molecule has 0 aliphatic heterocycles. The minimum atomic E-state index is 0.875. The van der Waals surface area contributed by atoms with Gasteiger partial charge in [-0.15, -0.1) is 0 Å². The largest absolute Gasteiger partial charge is 0.385 e. The van der Waals surface area contributed by atoms with Gasteiger partial charge in [-0.25, -0.2) is 0 Å². The van der Waals surface area contributed by atoms with E-state index in [1.54, 1.807) is 7.11 Å². The summed E-state index contributed by atoms with van der Waals surface area (Å²) in [5.74, 6) is 0.947. The van der Waals surface area contributed by atoms with Gasteiger partial charge in [0.05, 0.1) is 0 Å². The Morgan fingerprint density at radius 3 is 2.65 bits per heavy atom. The maximum absolute atomic E-state index is 5.05. The normalized spacial score (nSPS) is 17.8. The van der Waals surface area contributed by atoms with Crippen molar-refractivity contribution in [1.82, 2.24) is 10.2 Å². The van der Waals surface area contributed by atoms with E-state index < -0.39 is 0 Å². The summed E-state index contributed by atoms with van der Waals surface area (Å²) in [6, 6.07) is 0. The van der Waals surface area contributed by atoms with Crippen molar-refractivity contribution in [2.75, 3.05) is 46.9 Å². The molecule has 0 aromatic carbocycles. The van der Waals surface area contributed by atoms with E-state index in [2.05, 4.69) is 17.3 Å². The number of ether oxygens (including phenoxy) is 1. The third-order valence-electron chi connectivity index (χ3n) is 3.72. The smallest absolute Gasteiger partial charge is 0.0474 e. The van der Waals surface area contributed by atoms with Crippen molar-refractivity contribution in [1.29, 1.82) is 0 Å². The Bertz CT molecular complexity index is 170. The van der Waals surface area contributed by atoms with Gasteiger partial charge in [0, 0.05) is 33.4 Å². The molecule has 0 aromatic rings. The fraction of sp³-hybridized carbons (Fsp3) is 1.00. The molecule has 0 heterocycles. The molecule has 0 bridgehead atoms. The van der Waals surface area contributed by atoms with Gasteiger partial charge in [0.15, 0.2) is 0 Å². The second-order valence-electron chi connectivity index (χ2n) is 5.36. The third kappa shape index (κ3) is 7.74. The van der Waals surface area contributed by atoms with Crippen LogP contribution in [0.2, 0.25) is 0 Å². The summed E-state index contributed by atoms with van der Waals surface area (Å²) >= 11 is 0. The standard InChI is InChI=1S/C14H30N2O/c1-16(10-6-12-17-2)11-9-15-13-14-7-4-3-5-8-14/h14-15H,3-13H2,1-2H3. The van der Waals surface area contributed by atoms with Gasteiger partial charge in [-0.1, -0.05) is 19.3 Å². The highest BCUT2D eigenvalue weighted by Gasteiger charge is 2.12. The van der Waals surface area contributed by atoms with Crippen molar-refractivity contribution >= 4 is 0 Å². The molecule has 0 spiro atoms. The molecule has 3 nitrogen and oxygen atoms in total. The first-order valence-electron chi connectivity index (χ1n) is 7.21. The lowest BCUT2D eigenvalue weighted by molar-refractivity contribution is 0.179. The molecule has 0 saturated heterocycles. The Hall–Kier alpha value is -0.120. The molecular weight excluding hydrogens is 212 g/mol. The fourth-order valence-electron chi connectivity index (χ4n) is 2.56. The summed E-state index contributed by atoms with van der Waals surface area (Å²) < 4.78 is 5.05. The topological polar surface area (TPSA) is 24.5 Å². The third-order valence-corrected chi connectivity index (χ3v) is 3.72. The Morgan fingerprint density at radius 2 is 1.94 bits per heavy atom. The molecule has 3 heteroatoms. The van der Waals surface area contributed by atoms with Crippen molar-refractivity contribution in [3.05, 3.63) is 0 Å². The fourth-order valence-corrected chi connectivity index (χ4v) is 2.56. The van der Waals surface area contributed by atoms with Crippen molar-refractivity contribution < 1.29 is 4.74 Å². The molecule has 1 rings (SSSR count). The summed E-state index contributed by atoms with van der Waals surface area (Å²) in [5.41, 5.74) is 0. The molecule has 0 amide bonds. The van der Waals surface area contributed by atoms with Crippen LogP contribution in [0.15, 0.2) is 0 Å². The zero-order valence-electron chi connectivity index (χ0n) is 11.7. The molecule has 0 radical (unpaired) electrons. The van der Waals surface area contributed by atoms with Gasteiger partial charge in [-0.3, -0.25) is 0 Å². The van der Waals surface area contributed by atoms with Crippen LogP contribution in [0.25, 0.3) is 0 Å². The first-order valence-corrected chi connectivity index (χ1v) is 7.21. The Kier molecular flexibility index (Phi) is 8.67. The van der Waals surface area contributed by atoms with Gasteiger partial charge in [0.25, 0.3) is 0 Å². The van der Waals surface area contributed by atoms with Gasteiger partial charge in [0.1, 0.15) is 0 Å². The van der Waals surface area contributed by atoms with Crippen molar-refractivity contribution in [3.63, 3.8) is 0 Å². The molecule has 0 aromatic heterocycles. The van der Waals surface area contributed by atoms with E-state index in [0.29, 0.717) is 0 Å². The molecule has 1 aliphatic carbocycles. The highest BCUT2D eigenvalue weighted by atomic mass is 16.5. The molecule has 0 unspecified atom stereocenters. The monoisotopic (exact) mass is 242 g/mol. The second kappa shape index (κ2) is 9.86. The van der Waals surface area contributed by atoms with Crippen LogP contribution in [0.1, 0.15) is 38.5 Å². The summed E-state index contributed by atoms with van der Waals surface area (Å²) in [6.07, 6.45) is 8.37. The van der Waals surface area contributed by atoms with Gasteiger partial charge < -0.3 is 15.0 Å². The molecule has 1 saturated carbocycles. The number of nitrogens with zero attached hydrogens (tertiary/aromatic N) is 1. The molecule has 17 heavy (non-hydrogen) atoms. The summed E-state index contributed by atoms with van der Waals surface area (Å²) in [6.45, 7) is 5.51. The van der Waals surface area contributed by atoms with Gasteiger partial charge in [0.2, 0.25) is 0 Å². The zero-order chi connectivity index (χ0) is 12.3. The van der Waals surface area contributed by atoms with E-state index in [9.17, 15) is 0 Å². The van der Waals surface area contributed by atoms with E-state index in [-0.39, 0.29) is 0 Å². The summed E-state index contributed by atoms with van der Waals surface area (Å²) in [4.78, 5) is 2.38. The number of methoxy groups -OCH3 is 1. The number of hydrogen-bond acceptors (Lipinski definition) is 3. The number of rotatable bonds is 9.